The minimum Gasteiger partial charge on any atom is -0.494 e. The molecule has 0 aliphatic heterocycles. The molecule has 3 rings (SSSR count). The predicted molar refractivity (Wildman–Crippen MR) is 128 cm³/mol. The lowest BCUT2D eigenvalue weighted by molar-refractivity contribution is 0.306. The largest absolute Gasteiger partial charge is 0.494 e. The molecule has 0 saturated carbocycles. The number of rotatable bonds is 13. The summed E-state index contributed by atoms with van der Waals surface area (Å²) in [5.74, 6) is 0.921. The Bertz CT molecular complexity index is 855. The van der Waals surface area contributed by atoms with Gasteiger partial charge < -0.3 is 4.74 Å². The Morgan fingerprint density at radius 3 is 1.87 bits per heavy atom. The van der Waals surface area contributed by atoms with Crippen LogP contribution < -0.4 is 4.74 Å². The fourth-order valence-electron chi connectivity index (χ4n) is 3.44. The van der Waals surface area contributed by atoms with Crippen LogP contribution in [0.5, 0.6) is 5.75 Å². The number of ether oxygens (including phenoxy) is 1. The van der Waals surface area contributed by atoms with E-state index < -0.39 is 0 Å². The quantitative estimate of drug-likeness (QED) is 0.262. The van der Waals surface area contributed by atoms with Crippen LogP contribution in [0.25, 0.3) is 21.1 Å². The molecule has 0 aliphatic carbocycles. The first-order chi connectivity index (χ1) is 14.8. The van der Waals surface area contributed by atoms with E-state index in [1.165, 1.54) is 50.5 Å². The Morgan fingerprint density at radius 1 is 0.667 bits per heavy atom. The predicted octanol–water partition coefficient (Wildman–Crippen LogP) is 7.95. The number of hydrogen-bond donors (Lipinski definition) is 0. The molecule has 0 unspecified atom stereocenters. The van der Waals surface area contributed by atoms with Gasteiger partial charge in [-0.2, -0.15) is 0 Å². The summed E-state index contributed by atoms with van der Waals surface area (Å²) >= 11 is 1.64. The van der Waals surface area contributed by atoms with Crippen molar-refractivity contribution in [3.63, 3.8) is 0 Å². The van der Waals surface area contributed by atoms with Gasteiger partial charge in [0.05, 0.1) is 6.61 Å². The number of unbranched alkanes of at least 4 members (excludes halogenated alkanes) is 6. The maximum Gasteiger partial charge on any atom is 0.148 e. The van der Waals surface area contributed by atoms with Gasteiger partial charge in [-0.1, -0.05) is 88.0 Å². The second-order valence-electron chi connectivity index (χ2n) is 7.85. The van der Waals surface area contributed by atoms with E-state index >= 15 is 0 Å². The molecular weight excluding hydrogens is 388 g/mol. The maximum atomic E-state index is 5.80. The van der Waals surface area contributed by atoms with E-state index in [-0.39, 0.29) is 0 Å². The molecule has 30 heavy (non-hydrogen) atoms. The Labute approximate surface area is 185 Å². The standard InChI is InChI=1S/C26H34N2OS/c1-3-5-7-8-9-11-21-12-14-22(15-13-21)25-27-28-26(30-25)23-16-18-24(19-17-23)29-20-10-6-4-2/h12-19H,3-11,20H2,1-2H3. The first-order valence-corrected chi connectivity index (χ1v) is 12.3. The van der Waals surface area contributed by atoms with E-state index in [0.29, 0.717) is 0 Å². The van der Waals surface area contributed by atoms with Crippen molar-refractivity contribution in [3.8, 4) is 26.9 Å². The number of benzene rings is 2. The molecule has 0 fully saturated rings. The molecule has 160 valence electrons. The van der Waals surface area contributed by atoms with Crippen molar-refractivity contribution < 1.29 is 4.74 Å². The lowest BCUT2D eigenvalue weighted by atomic mass is 10.0. The van der Waals surface area contributed by atoms with E-state index in [9.17, 15) is 0 Å². The molecule has 3 nitrogen and oxygen atoms in total. The zero-order chi connectivity index (χ0) is 21.0. The maximum absolute atomic E-state index is 5.80. The topological polar surface area (TPSA) is 35.0 Å². The lowest BCUT2D eigenvalue weighted by Gasteiger charge is -2.05. The van der Waals surface area contributed by atoms with Gasteiger partial charge in [0, 0.05) is 11.1 Å². The highest BCUT2D eigenvalue weighted by atomic mass is 32.1. The minimum atomic E-state index is 0.783. The van der Waals surface area contributed by atoms with Gasteiger partial charge in [-0.3, -0.25) is 0 Å². The van der Waals surface area contributed by atoms with Crippen LogP contribution in [0.15, 0.2) is 48.5 Å². The van der Waals surface area contributed by atoms with Gasteiger partial charge in [-0.05, 0) is 49.1 Å². The lowest BCUT2D eigenvalue weighted by Crippen LogP contribution is -1.96. The van der Waals surface area contributed by atoms with Gasteiger partial charge in [-0.25, -0.2) is 0 Å². The summed E-state index contributed by atoms with van der Waals surface area (Å²) in [5, 5.41) is 10.7. The third-order valence-electron chi connectivity index (χ3n) is 5.31. The summed E-state index contributed by atoms with van der Waals surface area (Å²) in [5.41, 5.74) is 3.64. The third kappa shape index (κ3) is 6.94. The summed E-state index contributed by atoms with van der Waals surface area (Å²) in [6.45, 7) is 5.25. The van der Waals surface area contributed by atoms with Crippen molar-refractivity contribution in [2.45, 2.75) is 71.6 Å². The van der Waals surface area contributed by atoms with E-state index in [2.05, 4.69) is 60.4 Å². The number of aryl methyl sites for hydroxylation is 1. The highest BCUT2D eigenvalue weighted by Gasteiger charge is 2.09. The summed E-state index contributed by atoms with van der Waals surface area (Å²) in [6.07, 6.45) is 11.3. The smallest absolute Gasteiger partial charge is 0.148 e. The number of nitrogens with zero attached hydrogens (tertiary/aromatic N) is 2. The SMILES string of the molecule is CCCCCCCc1ccc(-c2nnc(-c3ccc(OCCCCC)cc3)s2)cc1. The van der Waals surface area contributed by atoms with Gasteiger partial charge in [0.25, 0.3) is 0 Å². The van der Waals surface area contributed by atoms with Gasteiger partial charge in [-0.15, -0.1) is 10.2 Å². The molecule has 0 amide bonds. The average molecular weight is 423 g/mol. The van der Waals surface area contributed by atoms with Crippen LogP contribution >= 0.6 is 11.3 Å². The molecule has 0 bridgehead atoms. The van der Waals surface area contributed by atoms with Crippen molar-refractivity contribution in [2.24, 2.45) is 0 Å². The molecule has 1 aromatic heterocycles. The first-order valence-electron chi connectivity index (χ1n) is 11.5. The van der Waals surface area contributed by atoms with Crippen molar-refractivity contribution in [2.75, 3.05) is 6.61 Å². The molecule has 0 radical (unpaired) electrons. The fraction of sp³-hybridized carbons (Fsp3) is 0.462. The Balaban J connectivity index is 1.54. The van der Waals surface area contributed by atoms with Gasteiger partial charge in [0.15, 0.2) is 0 Å². The normalized spacial score (nSPS) is 11.0. The number of hydrogen-bond acceptors (Lipinski definition) is 4. The van der Waals surface area contributed by atoms with Gasteiger partial charge in [0.2, 0.25) is 0 Å². The van der Waals surface area contributed by atoms with E-state index in [4.69, 9.17) is 4.74 Å². The zero-order valence-corrected chi connectivity index (χ0v) is 19.2. The highest BCUT2D eigenvalue weighted by molar-refractivity contribution is 7.17. The van der Waals surface area contributed by atoms with Crippen molar-refractivity contribution in [3.05, 3.63) is 54.1 Å². The molecule has 0 atom stereocenters. The van der Waals surface area contributed by atoms with E-state index in [1.54, 1.807) is 11.3 Å². The van der Waals surface area contributed by atoms with Crippen molar-refractivity contribution >= 4 is 11.3 Å². The van der Waals surface area contributed by atoms with Gasteiger partial charge in [0.1, 0.15) is 15.8 Å². The fourth-order valence-corrected chi connectivity index (χ4v) is 4.29. The third-order valence-corrected chi connectivity index (χ3v) is 6.33. The molecule has 0 N–H and O–H groups in total. The molecule has 1 heterocycles. The van der Waals surface area contributed by atoms with Crippen LogP contribution in [0.2, 0.25) is 0 Å². The van der Waals surface area contributed by atoms with Crippen LogP contribution in [0.1, 0.15) is 70.8 Å². The summed E-state index contributed by atoms with van der Waals surface area (Å²) in [7, 11) is 0. The van der Waals surface area contributed by atoms with Crippen LogP contribution in [0.3, 0.4) is 0 Å². The van der Waals surface area contributed by atoms with Crippen LogP contribution in [-0.2, 0) is 6.42 Å². The van der Waals surface area contributed by atoms with Crippen LogP contribution in [-0.4, -0.2) is 16.8 Å². The second kappa shape index (κ2) is 12.5. The first kappa shape index (κ1) is 22.5. The summed E-state index contributed by atoms with van der Waals surface area (Å²) in [4.78, 5) is 0. The Kier molecular flexibility index (Phi) is 9.36. The van der Waals surface area contributed by atoms with Crippen LogP contribution in [0.4, 0.5) is 0 Å². The summed E-state index contributed by atoms with van der Waals surface area (Å²) in [6, 6.07) is 17.0. The molecule has 0 saturated heterocycles. The van der Waals surface area contributed by atoms with Crippen molar-refractivity contribution in [1.82, 2.24) is 10.2 Å². The monoisotopic (exact) mass is 422 g/mol. The highest BCUT2D eigenvalue weighted by Crippen LogP contribution is 2.31. The molecule has 0 spiro atoms. The molecular formula is C26H34N2OS. The minimum absolute atomic E-state index is 0.783. The molecule has 3 aromatic rings. The Morgan fingerprint density at radius 2 is 1.23 bits per heavy atom. The summed E-state index contributed by atoms with van der Waals surface area (Å²) < 4.78 is 5.80. The van der Waals surface area contributed by atoms with E-state index in [0.717, 1.165) is 46.3 Å². The Hall–Kier alpha value is -2.20. The molecule has 4 heteroatoms. The number of aromatic nitrogens is 2. The average Bonchev–Trinajstić information content (AvgIpc) is 3.28. The second-order valence-corrected chi connectivity index (χ2v) is 8.83. The van der Waals surface area contributed by atoms with Crippen LogP contribution in [0, 0.1) is 0 Å². The van der Waals surface area contributed by atoms with Crippen molar-refractivity contribution in [1.29, 1.82) is 0 Å². The molecule has 0 aliphatic rings. The zero-order valence-electron chi connectivity index (χ0n) is 18.4. The van der Waals surface area contributed by atoms with Gasteiger partial charge >= 0.3 is 0 Å². The molecule has 2 aromatic carbocycles. The van der Waals surface area contributed by atoms with E-state index in [1.807, 2.05) is 12.1 Å².